The van der Waals surface area contributed by atoms with Gasteiger partial charge in [-0.2, -0.15) is 0 Å². The van der Waals surface area contributed by atoms with E-state index in [9.17, 15) is 18.0 Å². The first-order chi connectivity index (χ1) is 13.9. The number of carbonyl (C=O) groups excluding carboxylic acids is 1. The van der Waals surface area contributed by atoms with Crippen LogP contribution in [0.25, 0.3) is 11.5 Å². The van der Waals surface area contributed by atoms with Crippen molar-refractivity contribution in [3.05, 3.63) is 46.7 Å². The standard InChI is InChI=1S/C19H16F3N3O3S/c20-19(21,22)28-13-7-5-12(6-8-13)15-24-25-17(27-15)23-16(26)18(9-1-2-10-18)14-4-3-11-29-14/h3-8,11H,1-2,9-10H2,(H,23,25,26). The SMILES string of the molecule is O=C(Nc1nnc(-c2ccc(OC(F)(F)F)cc2)o1)C1(c2cccs2)CCCC1. The van der Waals surface area contributed by atoms with Crippen molar-refractivity contribution in [3.8, 4) is 17.2 Å². The van der Waals surface area contributed by atoms with E-state index in [0.29, 0.717) is 5.56 Å². The second-order valence-corrected chi connectivity index (χ2v) is 7.65. The van der Waals surface area contributed by atoms with Crippen LogP contribution in [0, 0.1) is 0 Å². The van der Waals surface area contributed by atoms with Gasteiger partial charge in [-0.1, -0.05) is 24.0 Å². The topological polar surface area (TPSA) is 77.2 Å². The molecule has 4 rings (SSSR count). The van der Waals surface area contributed by atoms with Crippen LogP contribution in [0.3, 0.4) is 0 Å². The number of rotatable bonds is 5. The first-order valence-corrected chi connectivity index (χ1v) is 9.79. The zero-order valence-electron chi connectivity index (χ0n) is 15.0. The van der Waals surface area contributed by atoms with Gasteiger partial charge in [0.25, 0.3) is 0 Å². The maximum absolute atomic E-state index is 13.0. The molecule has 152 valence electrons. The molecule has 1 aromatic carbocycles. The second kappa shape index (κ2) is 7.51. The lowest BCUT2D eigenvalue weighted by Gasteiger charge is -2.25. The molecule has 0 bridgehead atoms. The Bertz CT molecular complexity index is 978. The molecule has 2 aromatic heterocycles. The summed E-state index contributed by atoms with van der Waals surface area (Å²) in [6, 6.07) is 8.85. The third-order valence-electron chi connectivity index (χ3n) is 4.86. The number of nitrogens with zero attached hydrogens (tertiary/aromatic N) is 2. The van der Waals surface area contributed by atoms with Crippen LogP contribution in [0.1, 0.15) is 30.6 Å². The molecule has 6 nitrogen and oxygen atoms in total. The number of alkyl halides is 3. The minimum absolute atomic E-state index is 0.0524. The summed E-state index contributed by atoms with van der Waals surface area (Å²) in [5.41, 5.74) is -0.194. The van der Waals surface area contributed by atoms with Crippen LogP contribution in [-0.2, 0) is 10.2 Å². The molecule has 0 radical (unpaired) electrons. The predicted molar refractivity (Wildman–Crippen MR) is 99.5 cm³/mol. The number of thiophene rings is 1. The van der Waals surface area contributed by atoms with Crippen LogP contribution in [0.15, 0.2) is 46.2 Å². The average Bonchev–Trinajstić information content (AvgIpc) is 3.42. The summed E-state index contributed by atoms with van der Waals surface area (Å²) in [6.07, 6.45) is -1.33. The van der Waals surface area contributed by atoms with Gasteiger partial charge in [-0.15, -0.1) is 29.6 Å². The number of anilines is 1. The highest BCUT2D eigenvalue weighted by Gasteiger charge is 2.44. The molecule has 1 aliphatic carbocycles. The summed E-state index contributed by atoms with van der Waals surface area (Å²) in [4.78, 5) is 14.0. The van der Waals surface area contributed by atoms with E-state index < -0.39 is 11.8 Å². The Morgan fingerprint density at radius 1 is 1.14 bits per heavy atom. The van der Waals surface area contributed by atoms with Crippen LogP contribution < -0.4 is 10.1 Å². The Balaban J connectivity index is 1.49. The number of ether oxygens (including phenoxy) is 1. The Morgan fingerprint density at radius 2 is 1.86 bits per heavy atom. The maximum atomic E-state index is 13.0. The van der Waals surface area contributed by atoms with Crippen LogP contribution in [0.4, 0.5) is 19.2 Å². The lowest BCUT2D eigenvalue weighted by molar-refractivity contribution is -0.274. The molecule has 1 fully saturated rings. The van der Waals surface area contributed by atoms with E-state index >= 15 is 0 Å². The molecule has 0 saturated heterocycles. The fourth-order valence-corrected chi connectivity index (χ4v) is 4.50. The number of hydrogen-bond donors (Lipinski definition) is 1. The van der Waals surface area contributed by atoms with E-state index in [1.54, 1.807) is 11.3 Å². The van der Waals surface area contributed by atoms with Crippen molar-refractivity contribution in [2.24, 2.45) is 0 Å². The monoisotopic (exact) mass is 423 g/mol. The zero-order chi connectivity index (χ0) is 20.5. The molecule has 0 atom stereocenters. The van der Waals surface area contributed by atoms with Crippen molar-refractivity contribution in [2.45, 2.75) is 37.5 Å². The number of halogens is 3. The summed E-state index contributed by atoms with van der Waals surface area (Å²) in [5, 5.41) is 12.3. The van der Waals surface area contributed by atoms with Crippen molar-refractivity contribution in [1.29, 1.82) is 0 Å². The summed E-state index contributed by atoms with van der Waals surface area (Å²) in [5.74, 6) is -0.467. The van der Waals surface area contributed by atoms with Crippen LogP contribution in [0.2, 0.25) is 0 Å². The lowest BCUT2D eigenvalue weighted by Crippen LogP contribution is -2.37. The Morgan fingerprint density at radius 3 is 2.48 bits per heavy atom. The highest BCUT2D eigenvalue weighted by Crippen LogP contribution is 2.44. The molecule has 0 spiro atoms. The predicted octanol–water partition coefficient (Wildman–Crippen LogP) is 5.15. The minimum atomic E-state index is -4.76. The van der Waals surface area contributed by atoms with E-state index in [2.05, 4.69) is 20.3 Å². The minimum Gasteiger partial charge on any atom is -0.406 e. The van der Waals surface area contributed by atoms with Gasteiger partial charge in [0.05, 0.1) is 5.41 Å². The number of carbonyl (C=O) groups is 1. The number of amides is 1. The van der Waals surface area contributed by atoms with Crippen molar-refractivity contribution >= 4 is 23.3 Å². The van der Waals surface area contributed by atoms with Crippen LogP contribution in [0.5, 0.6) is 5.75 Å². The van der Waals surface area contributed by atoms with Crippen molar-refractivity contribution in [1.82, 2.24) is 10.2 Å². The van der Waals surface area contributed by atoms with Crippen molar-refractivity contribution in [2.75, 3.05) is 5.32 Å². The quantitative estimate of drug-likeness (QED) is 0.614. The molecule has 3 aromatic rings. The zero-order valence-corrected chi connectivity index (χ0v) is 15.8. The van der Waals surface area contributed by atoms with E-state index in [1.165, 1.54) is 12.1 Å². The lowest BCUT2D eigenvalue weighted by atomic mass is 9.83. The van der Waals surface area contributed by atoms with Crippen LogP contribution in [-0.4, -0.2) is 22.5 Å². The van der Waals surface area contributed by atoms with Crippen molar-refractivity contribution in [3.63, 3.8) is 0 Å². The highest BCUT2D eigenvalue weighted by atomic mass is 32.1. The van der Waals surface area contributed by atoms with Gasteiger partial charge in [0.1, 0.15) is 5.75 Å². The van der Waals surface area contributed by atoms with Gasteiger partial charge in [0.2, 0.25) is 11.8 Å². The normalized spacial score (nSPS) is 16.0. The first-order valence-electron chi connectivity index (χ1n) is 8.91. The molecule has 1 saturated carbocycles. The van der Waals surface area contributed by atoms with E-state index in [1.807, 2.05) is 17.5 Å². The largest absolute Gasteiger partial charge is 0.573 e. The number of hydrogen-bond acceptors (Lipinski definition) is 6. The average molecular weight is 423 g/mol. The molecule has 29 heavy (non-hydrogen) atoms. The fraction of sp³-hybridized carbons (Fsp3) is 0.316. The molecule has 0 unspecified atom stereocenters. The number of nitrogens with one attached hydrogen (secondary N) is 1. The van der Waals surface area contributed by atoms with Gasteiger partial charge in [-0.3, -0.25) is 10.1 Å². The molecule has 1 aliphatic rings. The van der Waals surface area contributed by atoms with Gasteiger partial charge >= 0.3 is 12.4 Å². The van der Waals surface area contributed by atoms with Gasteiger partial charge in [0.15, 0.2) is 0 Å². The third kappa shape index (κ3) is 4.12. The van der Waals surface area contributed by atoms with Gasteiger partial charge < -0.3 is 9.15 Å². The van der Waals surface area contributed by atoms with Gasteiger partial charge in [-0.25, -0.2) is 0 Å². The van der Waals surface area contributed by atoms with Gasteiger partial charge in [0, 0.05) is 10.4 Å². The maximum Gasteiger partial charge on any atom is 0.573 e. The summed E-state index contributed by atoms with van der Waals surface area (Å²) < 4.78 is 46.1. The highest BCUT2D eigenvalue weighted by molar-refractivity contribution is 7.10. The molecular formula is C19H16F3N3O3S. The van der Waals surface area contributed by atoms with E-state index in [-0.39, 0.29) is 23.6 Å². The van der Waals surface area contributed by atoms with E-state index in [0.717, 1.165) is 42.7 Å². The molecular weight excluding hydrogens is 407 g/mol. The van der Waals surface area contributed by atoms with Crippen molar-refractivity contribution < 1.29 is 27.1 Å². The summed E-state index contributed by atoms with van der Waals surface area (Å²) in [6.45, 7) is 0. The Labute approximate surface area is 167 Å². The molecule has 0 aliphatic heterocycles. The Hall–Kier alpha value is -2.88. The van der Waals surface area contributed by atoms with E-state index in [4.69, 9.17) is 4.42 Å². The summed E-state index contributed by atoms with van der Waals surface area (Å²) in [7, 11) is 0. The third-order valence-corrected chi connectivity index (χ3v) is 5.94. The Kier molecular flexibility index (Phi) is 5.03. The smallest absolute Gasteiger partial charge is 0.406 e. The summed E-state index contributed by atoms with van der Waals surface area (Å²) >= 11 is 1.55. The molecule has 1 amide bonds. The fourth-order valence-electron chi connectivity index (χ4n) is 3.52. The molecule has 2 heterocycles. The van der Waals surface area contributed by atoms with Crippen LogP contribution >= 0.6 is 11.3 Å². The second-order valence-electron chi connectivity index (χ2n) is 6.71. The number of aromatic nitrogens is 2. The number of benzene rings is 1. The first kappa shape index (κ1) is 19.4. The molecule has 10 heteroatoms. The van der Waals surface area contributed by atoms with Gasteiger partial charge in [-0.05, 0) is 48.6 Å². The molecule has 1 N–H and O–H groups in total.